The maximum absolute atomic E-state index is 11.8. The summed E-state index contributed by atoms with van der Waals surface area (Å²) in [4.78, 5) is 25.0. The van der Waals surface area contributed by atoms with E-state index in [4.69, 9.17) is 18.7 Å². The Hall–Kier alpha value is -4.13. The Morgan fingerprint density at radius 1 is 0.973 bits per heavy atom. The van der Waals surface area contributed by atoms with Crippen LogP contribution in [0, 0.1) is 6.92 Å². The van der Waals surface area contributed by atoms with Gasteiger partial charge in [0, 0.05) is 27.8 Å². The van der Waals surface area contributed by atoms with Crippen molar-refractivity contribution in [1.29, 1.82) is 0 Å². The Balaban J connectivity index is 1.38. The van der Waals surface area contributed by atoms with E-state index < -0.39 is 5.97 Å². The molecule has 0 aliphatic carbocycles. The molecule has 0 bridgehead atoms. The minimum absolute atomic E-state index is 0.155. The van der Waals surface area contributed by atoms with Crippen LogP contribution in [0.5, 0.6) is 5.75 Å². The number of esters is 1. The fraction of sp³-hybridized carbons (Fsp3) is 0.241. The highest BCUT2D eigenvalue weighted by molar-refractivity contribution is 7.15. The normalized spacial score (nSPS) is 10.6. The van der Waals surface area contributed by atoms with Crippen molar-refractivity contribution >= 4 is 23.2 Å². The van der Waals surface area contributed by atoms with Gasteiger partial charge in [0.2, 0.25) is 0 Å². The molecule has 0 amide bonds. The average molecular weight is 518 g/mol. The monoisotopic (exact) mass is 517 g/mol. The topological polar surface area (TPSA) is 87.9 Å². The molecule has 0 spiro atoms. The van der Waals surface area contributed by atoms with E-state index in [-0.39, 0.29) is 12.3 Å². The predicted molar refractivity (Wildman–Crippen MR) is 141 cm³/mol. The van der Waals surface area contributed by atoms with Crippen LogP contribution in [0.25, 0.3) is 21.8 Å². The Morgan fingerprint density at radius 2 is 1.68 bits per heavy atom. The van der Waals surface area contributed by atoms with E-state index in [1.54, 1.807) is 24.3 Å². The van der Waals surface area contributed by atoms with Crippen molar-refractivity contribution in [2.75, 3.05) is 13.2 Å². The summed E-state index contributed by atoms with van der Waals surface area (Å²) in [5.41, 5.74) is 4.17. The molecule has 0 aliphatic heterocycles. The Kier molecular flexibility index (Phi) is 8.56. The number of ether oxygens (including phenoxy) is 3. The first kappa shape index (κ1) is 25.9. The van der Waals surface area contributed by atoms with Crippen LogP contribution in [-0.2, 0) is 27.3 Å². The zero-order valence-corrected chi connectivity index (χ0v) is 21.7. The number of hydrogen-bond donors (Lipinski definition) is 0. The Labute approximate surface area is 219 Å². The lowest BCUT2D eigenvalue weighted by atomic mass is 10.1. The van der Waals surface area contributed by atoms with Crippen LogP contribution in [0.15, 0.2) is 70.9 Å². The van der Waals surface area contributed by atoms with Gasteiger partial charge in [-0.1, -0.05) is 41.6 Å². The van der Waals surface area contributed by atoms with E-state index in [2.05, 4.69) is 18.1 Å². The molecule has 4 rings (SSSR count). The first-order chi connectivity index (χ1) is 18.0. The van der Waals surface area contributed by atoms with Gasteiger partial charge in [-0.3, -0.25) is 0 Å². The minimum Gasteiger partial charge on any atom is -0.488 e. The van der Waals surface area contributed by atoms with Crippen molar-refractivity contribution < 1.29 is 28.3 Å². The second-order valence-corrected chi connectivity index (χ2v) is 9.30. The van der Waals surface area contributed by atoms with Crippen molar-refractivity contribution in [1.82, 2.24) is 5.16 Å². The van der Waals surface area contributed by atoms with Crippen LogP contribution in [0.1, 0.15) is 40.3 Å². The molecule has 0 saturated carbocycles. The van der Waals surface area contributed by atoms with Crippen LogP contribution in [-0.4, -0.2) is 30.3 Å². The number of carbonyl (C=O) groups excluding carboxylic acids is 2. The highest BCUT2D eigenvalue weighted by Crippen LogP contribution is 2.33. The number of allylic oxidation sites excluding steroid dienone is 1. The first-order valence-electron chi connectivity index (χ1n) is 11.9. The van der Waals surface area contributed by atoms with E-state index in [9.17, 15) is 9.59 Å². The summed E-state index contributed by atoms with van der Waals surface area (Å²) in [6.45, 7) is 6.84. The number of thiophene rings is 1. The minimum atomic E-state index is -0.500. The number of nitrogens with zero attached hydrogens (tertiary/aromatic N) is 1. The van der Waals surface area contributed by atoms with Gasteiger partial charge in [0.15, 0.2) is 23.2 Å². The van der Waals surface area contributed by atoms with Crippen LogP contribution < -0.4 is 4.74 Å². The van der Waals surface area contributed by atoms with Gasteiger partial charge in [-0.2, -0.15) is 0 Å². The molecule has 37 heavy (non-hydrogen) atoms. The zero-order valence-electron chi connectivity index (χ0n) is 20.9. The largest absolute Gasteiger partial charge is 0.488 e. The highest BCUT2D eigenvalue weighted by atomic mass is 32.1. The molecule has 4 aromatic rings. The van der Waals surface area contributed by atoms with Gasteiger partial charge in [0.1, 0.15) is 12.4 Å². The van der Waals surface area contributed by atoms with Gasteiger partial charge in [-0.15, -0.1) is 11.3 Å². The van der Waals surface area contributed by atoms with Crippen molar-refractivity contribution in [3.05, 3.63) is 88.1 Å². The molecular weight excluding hydrogens is 490 g/mol. The summed E-state index contributed by atoms with van der Waals surface area (Å²) in [6, 6.07) is 19.3. The second-order valence-electron chi connectivity index (χ2n) is 8.16. The van der Waals surface area contributed by atoms with E-state index in [1.165, 1.54) is 0 Å². The summed E-state index contributed by atoms with van der Waals surface area (Å²) in [5.74, 6) is 2.91. The number of hydrogen-bond acceptors (Lipinski definition) is 8. The van der Waals surface area contributed by atoms with Crippen molar-refractivity contribution in [3.8, 4) is 27.5 Å². The lowest BCUT2D eigenvalue weighted by Crippen LogP contribution is -2.04. The lowest BCUT2D eigenvalue weighted by molar-refractivity contribution is 0.0514. The molecule has 190 valence electrons. The number of aryl methyl sites for hydroxylation is 1. The molecule has 0 radical (unpaired) electrons. The van der Waals surface area contributed by atoms with Crippen LogP contribution in [0.4, 0.5) is 0 Å². The molecule has 2 aromatic carbocycles. The smallest absolute Gasteiger partial charge is 0.360 e. The number of rotatable bonds is 11. The molecule has 0 saturated heterocycles. The summed E-state index contributed by atoms with van der Waals surface area (Å²) in [6.07, 6.45) is 0.410. The maximum Gasteiger partial charge on any atom is 0.360 e. The Bertz CT molecular complexity index is 1400. The molecule has 8 heteroatoms. The van der Waals surface area contributed by atoms with Gasteiger partial charge < -0.3 is 18.7 Å². The van der Waals surface area contributed by atoms with Gasteiger partial charge in [-0.25, -0.2) is 9.59 Å². The molecule has 0 unspecified atom stereocenters. The summed E-state index contributed by atoms with van der Waals surface area (Å²) in [7, 11) is 0. The van der Waals surface area contributed by atoms with Gasteiger partial charge in [-0.05, 0) is 55.7 Å². The molecule has 2 aromatic heterocycles. The van der Waals surface area contributed by atoms with E-state index in [0.29, 0.717) is 31.2 Å². The third kappa shape index (κ3) is 6.55. The highest BCUT2D eigenvalue weighted by Gasteiger charge is 2.15. The van der Waals surface area contributed by atoms with Crippen LogP contribution in [0.3, 0.4) is 0 Å². The third-order valence-electron chi connectivity index (χ3n) is 5.56. The third-order valence-corrected chi connectivity index (χ3v) is 6.82. The molecule has 0 fully saturated rings. The number of benzene rings is 2. The van der Waals surface area contributed by atoms with Crippen LogP contribution >= 0.6 is 11.3 Å². The van der Waals surface area contributed by atoms with Crippen molar-refractivity contribution in [2.45, 2.75) is 33.8 Å². The van der Waals surface area contributed by atoms with Gasteiger partial charge in [0.05, 0.1) is 13.2 Å². The fourth-order valence-corrected chi connectivity index (χ4v) is 4.74. The summed E-state index contributed by atoms with van der Waals surface area (Å²) < 4.78 is 21.6. The molecule has 0 aliphatic rings. The molecule has 7 nitrogen and oxygen atoms in total. The SMILES string of the molecule is CCOC(=O)c1cc(-c2ccc(-c3cc(C)c(COc4ccc(CC(=C=O)OCC)cc4)s3)cc2)on1. The lowest BCUT2D eigenvalue weighted by Gasteiger charge is -2.08. The fourth-order valence-electron chi connectivity index (χ4n) is 3.65. The maximum atomic E-state index is 11.8. The quantitative estimate of drug-likeness (QED) is 0.129. The average Bonchev–Trinajstić information content (AvgIpc) is 3.55. The molecule has 2 heterocycles. The Morgan fingerprint density at radius 3 is 2.35 bits per heavy atom. The van der Waals surface area contributed by atoms with E-state index in [1.807, 2.05) is 61.4 Å². The van der Waals surface area contributed by atoms with Crippen molar-refractivity contribution in [2.24, 2.45) is 0 Å². The summed E-state index contributed by atoms with van der Waals surface area (Å²) in [5, 5.41) is 3.80. The van der Waals surface area contributed by atoms with Crippen LogP contribution in [0.2, 0.25) is 0 Å². The van der Waals surface area contributed by atoms with Gasteiger partial charge >= 0.3 is 5.97 Å². The number of aromatic nitrogens is 1. The standard InChI is InChI=1S/C29H27NO6S/c1-4-33-24(17-31)15-20-6-12-23(13-7-20)35-18-28-19(3)14-27(37-28)22-10-8-21(9-11-22)26-16-25(30-36-26)29(32)34-5-2/h6-14,16H,4-5,15,18H2,1-3H3. The van der Waals surface area contributed by atoms with E-state index >= 15 is 0 Å². The summed E-state index contributed by atoms with van der Waals surface area (Å²) >= 11 is 1.68. The van der Waals surface area contributed by atoms with E-state index in [0.717, 1.165) is 37.8 Å². The second kappa shape index (κ2) is 12.2. The predicted octanol–water partition coefficient (Wildman–Crippen LogP) is 6.43. The zero-order chi connectivity index (χ0) is 26.2. The molecule has 0 atom stereocenters. The van der Waals surface area contributed by atoms with Gasteiger partial charge in [0.25, 0.3) is 0 Å². The molecular formula is C29H27NO6S. The molecule has 0 N–H and O–H groups in total. The first-order valence-corrected chi connectivity index (χ1v) is 12.7. The van der Waals surface area contributed by atoms with Crippen molar-refractivity contribution in [3.63, 3.8) is 0 Å². The number of carbonyl (C=O) groups is 1.